The molecule has 118 valence electrons. The molecule has 1 aliphatic carbocycles. The number of hydrogen-bond acceptors (Lipinski definition) is 4. The Bertz CT molecular complexity index is 625. The first-order valence-electron chi connectivity index (χ1n) is 7.86. The number of fused-ring (bicyclic) bond motifs is 1. The molecule has 3 rings (SSSR count). The quantitative estimate of drug-likeness (QED) is 0.817. The van der Waals surface area contributed by atoms with Gasteiger partial charge in [0.25, 0.3) is 0 Å². The molecule has 0 saturated heterocycles. The number of aromatic nitrogens is 3. The molecule has 1 aromatic rings. The Hall–Kier alpha value is -1.66. The number of nitrogens with zero attached hydrogens (tertiary/aromatic N) is 3. The standard InChI is InChI=1S/C16H24N4OSi/c1-22(2,3)16-13(5-4-8-21)14-9-12(6-7-15(14)19-16)20-10-17-18-11-20/h6-7,9-11,14-15,19,21H,4-5,8H2,1-3H3. The average molecular weight is 316 g/mol. The van der Waals surface area contributed by atoms with E-state index < -0.39 is 8.07 Å². The molecule has 6 heteroatoms. The summed E-state index contributed by atoms with van der Waals surface area (Å²) in [6.45, 7) is 7.37. The van der Waals surface area contributed by atoms with Crippen LogP contribution in [0.4, 0.5) is 0 Å². The number of aliphatic hydroxyl groups excluding tert-OH is 1. The van der Waals surface area contributed by atoms with Crippen molar-refractivity contribution in [2.24, 2.45) is 5.92 Å². The molecular weight excluding hydrogens is 292 g/mol. The Morgan fingerprint density at radius 2 is 2.00 bits per heavy atom. The highest BCUT2D eigenvalue weighted by atomic mass is 28.3. The van der Waals surface area contributed by atoms with Gasteiger partial charge in [0, 0.05) is 18.2 Å². The predicted octanol–water partition coefficient (Wildman–Crippen LogP) is 2.18. The Labute approximate surface area is 132 Å². The molecular formula is C16H24N4OSi. The number of allylic oxidation sites excluding steroid dienone is 2. The van der Waals surface area contributed by atoms with Crippen LogP contribution in [-0.2, 0) is 0 Å². The molecule has 2 atom stereocenters. The molecule has 0 saturated carbocycles. The minimum Gasteiger partial charge on any atom is -0.396 e. The van der Waals surface area contributed by atoms with Gasteiger partial charge in [-0.25, -0.2) is 0 Å². The van der Waals surface area contributed by atoms with Crippen molar-refractivity contribution in [1.82, 2.24) is 20.1 Å². The first-order valence-corrected chi connectivity index (χ1v) is 11.4. The third-order valence-electron chi connectivity index (χ3n) is 4.32. The van der Waals surface area contributed by atoms with Gasteiger partial charge in [-0.2, -0.15) is 0 Å². The van der Waals surface area contributed by atoms with Crippen molar-refractivity contribution in [3.05, 3.63) is 41.8 Å². The highest BCUT2D eigenvalue weighted by Gasteiger charge is 2.37. The molecule has 0 spiro atoms. The molecule has 2 unspecified atom stereocenters. The van der Waals surface area contributed by atoms with Gasteiger partial charge in [0.05, 0.1) is 14.1 Å². The summed E-state index contributed by atoms with van der Waals surface area (Å²) in [5, 5.41) is 22.2. The third kappa shape index (κ3) is 2.80. The predicted molar refractivity (Wildman–Crippen MR) is 90.5 cm³/mol. The van der Waals surface area contributed by atoms with Crippen LogP contribution in [-0.4, -0.2) is 40.6 Å². The van der Waals surface area contributed by atoms with E-state index in [-0.39, 0.29) is 6.61 Å². The number of aliphatic hydroxyl groups is 1. The topological polar surface area (TPSA) is 63.0 Å². The number of rotatable bonds is 5. The second-order valence-electron chi connectivity index (χ2n) is 6.99. The molecule has 0 fully saturated rings. The summed E-state index contributed by atoms with van der Waals surface area (Å²) in [6, 6.07) is 0.343. The second-order valence-corrected chi connectivity index (χ2v) is 12.0. The lowest BCUT2D eigenvalue weighted by Crippen LogP contribution is -2.36. The second kappa shape index (κ2) is 5.85. The van der Waals surface area contributed by atoms with Crippen LogP contribution >= 0.6 is 0 Å². The van der Waals surface area contributed by atoms with E-state index in [0.717, 1.165) is 18.5 Å². The lowest BCUT2D eigenvalue weighted by atomic mass is 9.88. The van der Waals surface area contributed by atoms with Crippen LogP contribution in [0.15, 0.2) is 41.8 Å². The summed E-state index contributed by atoms with van der Waals surface area (Å²) >= 11 is 0. The summed E-state index contributed by atoms with van der Waals surface area (Å²) in [5.41, 5.74) is 2.60. The van der Waals surface area contributed by atoms with E-state index in [1.165, 1.54) is 10.9 Å². The monoisotopic (exact) mass is 316 g/mol. The van der Waals surface area contributed by atoms with Gasteiger partial charge in [-0.05, 0) is 29.8 Å². The Balaban J connectivity index is 1.96. The Morgan fingerprint density at radius 3 is 2.64 bits per heavy atom. The van der Waals surface area contributed by atoms with Crippen molar-refractivity contribution < 1.29 is 5.11 Å². The van der Waals surface area contributed by atoms with E-state index in [2.05, 4.69) is 53.4 Å². The van der Waals surface area contributed by atoms with Crippen molar-refractivity contribution in [3.8, 4) is 0 Å². The Kier molecular flexibility index (Phi) is 4.05. The third-order valence-corrected chi connectivity index (χ3v) is 6.28. The van der Waals surface area contributed by atoms with Gasteiger partial charge in [-0.3, -0.25) is 4.57 Å². The van der Waals surface area contributed by atoms with Gasteiger partial charge in [0.1, 0.15) is 12.7 Å². The SMILES string of the molecule is C[Si](C)(C)C1=C(CCCO)C2C=C(n3cnnc3)C=CC2N1. The van der Waals surface area contributed by atoms with Crippen LogP contribution in [0.2, 0.25) is 19.6 Å². The molecule has 0 amide bonds. The van der Waals surface area contributed by atoms with Crippen LogP contribution in [0.3, 0.4) is 0 Å². The zero-order valence-corrected chi connectivity index (χ0v) is 14.5. The zero-order valence-electron chi connectivity index (χ0n) is 13.5. The van der Waals surface area contributed by atoms with Crippen LogP contribution < -0.4 is 5.32 Å². The molecule has 0 bridgehead atoms. The first-order chi connectivity index (χ1) is 10.5. The van der Waals surface area contributed by atoms with Crippen molar-refractivity contribution in [2.45, 2.75) is 38.5 Å². The lowest BCUT2D eigenvalue weighted by Gasteiger charge is -2.22. The minimum atomic E-state index is -1.42. The molecule has 0 aromatic carbocycles. The molecule has 2 heterocycles. The maximum absolute atomic E-state index is 9.23. The van der Waals surface area contributed by atoms with Gasteiger partial charge >= 0.3 is 0 Å². The van der Waals surface area contributed by atoms with Crippen molar-refractivity contribution in [3.63, 3.8) is 0 Å². The molecule has 1 aliphatic heterocycles. The summed E-state index contributed by atoms with van der Waals surface area (Å²) in [4.78, 5) is 0. The van der Waals surface area contributed by atoms with Crippen LogP contribution in [0, 0.1) is 5.92 Å². The van der Waals surface area contributed by atoms with Gasteiger partial charge in [0.15, 0.2) is 0 Å². The van der Waals surface area contributed by atoms with Crippen molar-refractivity contribution >= 4 is 13.8 Å². The average Bonchev–Trinajstić information content (AvgIpc) is 3.11. The van der Waals surface area contributed by atoms with Crippen LogP contribution in [0.1, 0.15) is 12.8 Å². The van der Waals surface area contributed by atoms with Crippen molar-refractivity contribution in [1.29, 1.82) is 0 Å². The summed E-state index contributed by atoms with van der Waals surface area (Å²) in [6.07, 6.45) is 11.9. The van der Waals surface area contributed by atoms with Crippen LogP contribution in [0.5, 0.6) is 0 Å². The first kappa shape index (κ1) is 15.2. The maximum Gasteiger partial charge on any atom is 0.123 e. The van der Waals surface area contributed by atoms with Gasteiger partial charge in [-0.1, -0.05) is 31.8 Å². The fraction of sp³-hybridized carbons (Fsp3) is 0.500. The maximum atomic E-state index is 9.23. The lowest BCUT2D eigenvalue weighted by molar-refractivity contribution is 0.287. The molecule has 2 aliphatic rings. The molecule has 22 heavy (non-hydrogen) atoms. The highest BCUT2D eigenvalue weighted by Crippen LogP contribution is 2.38. The van der Waals surface area contributed by atoms with E-state index in [1.54, 1.807) is 12.7 Å². The number of nitrogens with one attached hydrogen (secondary N) is 1. The zero-order chi connectivity index (χ0) is 15.7. The van der Waals surface area contributed by atoms with E-state index in [9.17, 15) is 5.11 Å². The summed E-state index contributed by atoms with van der Waals surface area (Å²) in [5.74, 6) is 0.371. The fourth-order valence-electron chi connectivity index (χ4n) is 3.31. The summed E-state index contributed by atoms with van der Waals surface area (Å²) < 4.78 is 1.95. The van der Waals surface area contributed by atoms with Gasteiger partial charge in [0.2, 0.25) is 0 Å². The summed E-state index contributed by atoms with van der Waals surface area (Å²) in [7, 11) is -1.42. The number of hydrogen-bond donors (Lipinski definition) is 2. The van der Waals surface area contributed by atoms with Gasteiger partial charge in [-0.15, -0.1) is 10.2 Å². The largest absolute Gasteiger partial charge is 0.396 e. The van der Waals surface area contributed by atoms with E-state index >= 15 is 0 Å². The highest BCUT2D eigenvalue weighted by molar-refractivity contribution is 6.83. The van der Waals surface area contributed by atoms with Crippen molar-refractivity contribution in [2.75, 3.05) is 6.61 Å². The van der Waals surface area contributed by atoms with E-state index in [4.69, 9.17) is 0 Å². The van der Waals surface area contributed by atoms with Crippen LogP contribution in [0.25, 0.3) is 5.70 Å². The van der Waals surface area contributed by atoms with E-state index in [1.807, 2.05) is 4.57 Å². The molecule has 1 aromatic heterocycles. The normalized spacial score (nSPS) is 24.3. The van der Waals surface area contributed by atoms with Gasteiger partial charge < -0.3 is 10.4 Å². The molecule has 0 radical (unpaired) electrons. The molecule has 2 N–H and O–H groups in total. The molecule has 5 nitrogen and oxygen atoms in total. The fourth-order valence-corrected chi connectivity index (χ4v) is 5.17. The Morgan fingerprint density at radius 1 is 1.27 bits per heavy atom. The smallest absolute Gasteiger partial charge is 0.123 e. The minimum absolute atomic E-state index is 0.248. The van der Waals surface area contributed by atoms with E-state index in [0.29, 0.717) is 12.0 Å².